The molecule has 74 valence electrons. The predicted octanol–water partition coefficient (Wildman–Crippen LogP) is 0.585. The molecule has 0 heterocycles. The Kier molecular flexibility index (Phi) is 2.63. The smallest absolute Gasteiger partial charge is 0.154 e. The summed E-state index contributed by atoms with van der Waals surface area (Å²) in [6.07, 6.45) is 0. The molecule has 0 saturated heterocycles. The lowest BCUT2D eigenvalue weighted by molar-refractivity contribution is 0.454. The Labute approximate surface area is 90.0 Å². The molecule has 0 spiro atoms. The number of hydrogen-bond acceptors (Lipinski definition) is 6. The third-order valence-corrected chi connectivity index (χ3v) is 1.89. The molecule has 0 bridgehead atoms. The molecule has 1 aromatic rings. The minimum atomic E-state index is -0.768. The van der Waals surface area contributed by atoms with Crippen LogP contribution in [0.2, 0.25) is 0 Å². The van der Waals surface area contributed by atoms with Crippen LogP contribution in [-0.4, -0.2) is 10.2 Å². The number of aromatic hydroxyl groups is 2. The van der Waals surface area contributed by atoms with E-state index in [1.807, 2.05) is 0 Å². The van der Waals surface area contributed by atoms with Gasteiger partial charge in [0.1, 0.15) is 46.5 Å². The highest BCUT2D eigenvalue weighted by Crippen LogP contribution is 2.35. The van der Waals surface area contributed by atoms with Crippen LogP contribution in [0.3, 0.4) is 0 Å². The van der Waals surface area contributed by atoms with Crippen molar-refractivity contribution in [1.82, 2.24) is 0 Å². The van der Waals surface area contributed by atoms with E-state index in [-0.39, 0.29) is 0 Å². The molecule has 6 nitrogen and oxygen atoms in total. The van der Waals surface area contributed by atoms with Gasteiger partial charge in [-0.3, -0.25) is 0 Å². The van der Waals surface area contributed by atoms with Gasteiger partial charge in [0, 0.05) is 0 Å². The second-order valence-electron chi connectivity index (χ2n) is 2.64. The number of phenolic OH excluding ortho intramolecular Hbond substituents is 2. The van der Waals surface area contributed by atoms with Gasteiger partial charge in [0.15, 0.2) is 11.5 Å². The molecule has 0 unspecified atom stereocenters. The summed E-state index contributed by atoms with van der Waals surface area (Å²) >= 11 is 0. The van der Waals surface area contributed by atoms with E-state index in [4.69, 9.17) is 21.0 Å². The summed E-state index contributed by atoms with van der Waals surface area (Å²) in [5.74, 6) is -1.54. The highest BCUT2D eigenvalue weighted by molar-refractivity contribution is 5.72. The first-order valence-electron chi connectivity index (χ1n) is 3.84. The number of rotatable bonds is 0. The fraction of sp³-hybridized carbons (Fsp3) is 0. The van der Waals surface area contributed by atoms with Crippen LogP contribution in [0, 0.1) is 45.3 Å². The number of hydrogen-bond donors (Lipinski definition) is 2. The second kappa shape index (κ2) is 3.88. The fourth-order valence-electron chi connectivity index (χ4n) is 1.16. The lowest BCUT2D eigenvalue weighted by Crippen LogP contribution is -1.95. The van der Waals surface area contributed by atoms with E-state index in [1.54, 1.807) is 0 Å². The van der Waals surface area contributed by atoms with E-state index >= 15 is 0 Å². The Morgan fingerprint density at radius 3 is 0.875 bits per heavy atom. The molecule has 0 aliphatic heterocycles. The van der Waals surface area contributed by atoms with Gasteiger partial charge in [0.2, 0.25) is 0 Å². The average molecular weight is 210 g/mol. The lowest BCUT2D eigenvalue weighted by Gasteiger charge is -2.05. The molecule has 0 aliphatic carbocycles. The molecule has 0 atom stereocenters. The first kappa shape index (κ1) is 10.9. The van der Waals surface area contributed by atoms with Crippen LogP contribution in [0.5, 0.6) is 11.5 Å². The lowest BCUT2D eigenvalue weighted by atomic mass is 9.97. The van der Waals surface area contributed by atoms with Crippen LogP contribution >= 0.6 is 0 Å². The second-order valence-corrected chi connectivity index (χ2v) is 2.64. The Morgan fingerprint density at radius 2 is 0.750 bits per heavy atom. The molecular formula is C10H2N4O2. The average Bonchev–Trinajstić information content (AvgIpc) is 2.30. The maximum absolute atomic E-state index is 9.48. The summed E-state index contributed by atoms with van der Waals surface area (Å²) in [6.45, 7) is 0. The first-order chi connectivity index (χ1) is 7.62. The van der Waals surface area contributed by atoms with E-state index < -0.39 is 33.8 Å². The summed E-state index contributed by atoms with van der Waals surface area (Å²) in [6, 6.07) is 5.95. The van der Waals surface area contributed by atoms with E-state index in [9.17, 15) is 10.2 Å². The van der Waals surface area contributed by atoms with Gasteiger partial charge in [-0.05, 0) is 0 Å². The maximum Gasteiger partial charge on any atom is 0.154 e. The van der Waals surface area contributed by atoms with Gasteiger partial charge < -0.3 is 10.2 Å². The molecule has 0 saturated carbocycles. The molecule has 2 N–H and O–H groups in total. The molecule has 1 aromatic carbocycles. The van der Waals surface area contributed by atoms with Crippen molar-refractivity contribution in [1.29, 1.82) is 21.0 Å². The topological polar surface area (TPSA) is 136 Å². The van der Waals surface area contributed by atoms with E-state index in [1.165, 1.54) is 24.3 Å². The van der Waals surface area contributed by atoms with Gasteiger partial charge in [-0.25, -0.2) is 0 Å². The van der Waals surface area contributed by atoms with Gasteiger partial charge >= 0.3 is 0 Å². The molecule has 1 rings (SSSR count). The Morgan fingerprint density at radius 1 is 0.562 bits per heavy atom. The van der Waals surface area contributed by atoms with Gasteiger partial charge in [-0.1, -0.05) is 0 Å². The van der Waals surface area contributed by atoms with E-state index in [2.05, 4.69) is 0 Å². The van der Waals surface area contributed by atoms with Crippen molar-refractivity contribution in [3.05, 3.63) is 22.3 Å². The van der Waals surface area contributed by atoms with Crippen LogP contribution in [0.15, 0.2) is 0 Å². The third-order valence-electron chi connectivity index (χ3n) is 1.89. The maximum atomic E-state index is 9.48. The van der Waals surface area contributed by atoms with Gasteiger partial charge in [-0.15, -0.1) is 0 Å². The van der Waals surface area contributed by atoms with Crippen molar-refractivity contribution in [3.63, 3.8) is 0 Å². The van der Waals surface area contributed by atoms with Gasteiger partial charge in [0.25, 0.3) is 0 Å². The summed E-state index contributed by atoms with van der Waals surface area (Å²) in [4.78, 5) is 0. The normalized spacial score (nSPS) is 8.25. The third kappa shape index (κ3) is 1.24. The number of phenols is 2. The van der Waals surface area contributed by atoms with Crippen LogP contribution < -0.4 is 0 Å². The highest BCUT2D eigenvalue weighted by Gasteiger charge is 2.23. The zero-order valence-electron chi connectivity index (χ0n) is 7.68. The van der Waals surface area contributed by atoms with Gasteiger partial charge in [0.05, 0.1) is 0 Å². The summed E-state index contributed by atoms with van der Waals surface area (Å²) in [7, 11) is 0. The first-order valence-corrected chi connectivity index (χ1v) is 3.84. The van der Waals surface area contributed by atoms with Crippen molar-refractivity contribution in [2.24, 2.45) is 0 Å². The zero-order valence-corrected chi connectivity index (χ0v) is 7.68. The summed E-state index contributed by atoms with van der Waals surface area (Å²) in [5, 5.41) is 53.7. The van der Waals surface area contributed by atoms with Crippen molar-refractivity contribution < 1.29 is 10.2 Å². The molecule has 6 heteroatoms. The monoisotopic (exact) mass is 210 g/mol. The molecule has 0 radical (unpaired) electrons. The summed E-state index contributed by atoms with van der Waals surface area (Å²) < 4.78 is 0. The molecule has 0 fully saturated rings. The molecule has 0 aliphatic rings. The van der Waals surface area contributed by atoms with Crippen molar-refractivity contribution in [3.8, 4) is 35.8 Å². The van der Waals surface area contributed by atoms with Crippen molar-refractivity contribution in [2.75, 3.05) is 0 Å². The molecule has 0 aromatic heterocycles. The standard InChI is InChI=1S/C10H2N4O2/c11-1-5-6(2-12)10(16)8(4-14)7(3-13)9(5)15/h15-16H. The highest BCUT2D eigenvalue weighted by atomic mass is 16.3. The number of benzene rings is 1. The summed E-state index contributed by atoms with van der Waals surface area (Å²) in [5.41, 5.74) is -2.07. The molecular weight excluding hydrogens is 208 g/mol. The van der Waals surface area contributed by atoms with Crippen LogP contribution in [0.1, 0.15) is 22.3 Å². The van der Waals surface area contributed by atoms with E-state index in [0.717, 1.165) is 0 Å². The van der Waals surface area contributed by atoms with Gasteiger partial charge in [-0.2, -0.15) is 21.0 Å². The van der Waals surface area contributed by atoms with Crippen molar-refractivity contribution in [2.45, 2.75) is 0 Å². The molecule has 16 heavy (non-hydrogen) atoms. The Bertz CT molecular complexity index is 525. The predicted molar refractivity (Wildman–Crippen MR) is 48.6 cm³/mol. The zero-order chi connectivity index (χ0) is 12.3. The van der Waals surface area contributed by atoms with Crippen LogP contribution in [0.4, 0.5) is 0 Å². The Balaban J connectivity index is 3.98. The fourth-order valence-corrected chi connectivity index (χ4v) is 1.16. The Hall–Kier alpha value is -3.22. The largest absolute Gasteiger partial charge is 0.505 e. The number of nitrogens with zero attached hydrogens (tertiary/aromatic N) is 4. The molecule has 0 amide bonds. The minimum Gasteiger partial charge on any atom is -0.505 e. The quantitative estimate of drug-likeness (QED) is 0.601. The van der Waals surface area contributed by atoms with Crippen LogP contribution in [0.25, 0.3) is 0 Å². The van der Waals surface area contributed by atoms with Crippen LogP contribution in [-0.2, 0) is 0 Å². The number of nitriles is 4. The minimum absolute atomic E-state index is 0.518. The van der Waals surface area contributed by atoms with E-state index in [0.29, 0.717) is 0 Å². The van der Waals surface area contributed by atoms with Crippen molar-refractivity contribution >= 4 is 0 Å². The SMILES string of the molecule is N#Cc1c(O)c(C#N)c(C#N)c(O)c1C#N.